The van der Waals surface area contributed by atoms with E-state index in [9.17, 15) is 19.5 Å². The van der Waals surface area contributed by atoms with E-state index in [2.05, 4.69) is 13.8 Å². The van der Waals surface area contributed by atoms with E-state index in [1.54, 1.807) is 0 Å². The third-order valence-corrected chi connectivity index (χ3v) is 7.68. The minimum atomic E-state index is -1.14. The first-order chi connectivity index (χ1) is 16.8. The second-order valence-corrected chi connectivity index (χ2v) is 11.0. The molecule has 2 unspecified atom stereocenters. The van der Waals surface area contributed by atoms with Gasteiger partial charge in [0.25, 0.3) is 0 Å². The predicted octanol–water partition coefficient (Wildman–Crippen LogP) is 7.03. The van der Waals surface area contributed by atoms with Crippen molar-refractivity contribution in [3.63, 3.8) is 0 Å². The molecule has 1 aliphatic heterocycles. The molecule has 0 aromatic rings. The SMILES string of the molecule is CCCCCCCCCCC[C@@H](CC(C)CC(C(N)=O)C(=O)O)C[C@@H]1OC(=O)[C@H]1CCCCCC. The second kappa shape index (κ2) is 18.6. The number of unbranched alkanes of at least 4 members (excludes halogenated alkanes) is 11. The van der Waals surface area contributed by atoms with Gasteiger partial charge < -0.3 is 15.6 Å². The molecule has 0 spiro atoms. The molecule has 1 rings (SSSR count). The van der Waals surface area contributed by atoms with E-state index in [-0.39, 0.29) is 30.3 Å². The van der Waals surface area contributed by atoms with Crippen molar-refractivity contribution in [2.45, 2.75) is 142 Å². The van der Waals surface area contributed by atoms with Gasteiger partial charge in [-0.05, 0) is 37.5 Å². The van der Waals surface area contributed by atoms with Crippen molar-refractivity contribution in [3.8, 4) is 0 Å². The Hall–Kier alpha value is -1.59. The summed E-state index contributed by atoms with van der Waals surface area (Å²) < 4.78 is 5.56. The fourth-order valence-electron chi connectivity index (χ4n) is 5.52. The van der Waals surface area contributed by atoms with Gasteiger partial charge >= 0.3 is 11.9 Å². The summed E-state index contributed by atoms with van der Waals surface area (Å²) in [5.41, 5.74) is 5.32. The Bertz CT molecular complexity index is 594. The van der Waals surface area contributed by atoms with Crippen LogP contribution in [-0.4, -0.2) is 29.1 Å². The minimum Gasteiger partial charge on any atom is -0.481 e. The Labute approximate surface area is 214 Å². The summed E-state index contributed by atoms with van der Waals surface area (Å²) >= 11 is 0. The number of ether oxygens (including phenoxy) is 1. The topological polar surface area (TPSA) is 107 Å². The summed E-state index contributed by atoms with van der Waals surface area (Å²) in [5.74, 6) is -2.63. The molecule has 0 radical (unpaired) electrons. The van der Waals surface area contributed by atoms with Crippen molar-refractivity contribution in [1.82, 2.24) is 0 Å². The summed E-state index contributed by atoms with van der Waals surface area (Å²) in [4.78, 5) is 35.1. The molecule has 0 saturated carbocycles. The number of cyclic esters (lactones) is 1. The van der Waals surface area contributed by atoms with Crippen LogP contribution in [0.3, 0.4) is 0 Å². The molecule has 1 amide bonds. The normalized spacial score (nSPS) is 20.0. The summed E-state index contributed by atoms with van der Waals surface area (Å²) in [6.45, 7) is 6.44. The standard InChI is InChI=1S/C29H53NO5/c1-4-6-8-10-11-12-13-14-15-17-23(19-22(3)20-25(27(30)31)28(32)33)21-26-24(29(34)35-26)18-16-9-7-5-2/h22-26H,4-21H2,1-3H3,(H2,30,31)(H,32,33)/t22?,23-,24-,25?,26-/m0/s1. The van der Waals surface area contributed by atoms with Crippen LogP contribution in [0.2, 0.25) is 0 Å². The number of carboxylic acids is 1. The van der Waals surface area contributed by atoms with Gasteiger partial charge in [-0.15, -0.1) is 0 Å². The fourth-order valence-corrected chi connectivity index (χ4v) is 5.52. The number of carbonyl (C=O) groups is 3. The number of primary amides is 1. The molecule has 6 heteroatoms. The van der Waals surface area contributed by atoms with Crippen molar-refractivity contribution in [3.05, 3.63) is 0 Å². The zero-order valence-corrected chi connectivity index (χ0v) is 22.8. The molecule has 6 nitrogen and oxygen atoms in total. The van der Waals surface area contributed by atoms with Crippen molar-refractivity contribution in [2.75, 3.05) is 0 Å². The van der Waals surface area contributed by atoms with Crippen LogP contribution in [0.4, 0.5) is 0 Å². The number of carboxylic acid groups (broad SMARTS) is 1. The zero-order chi connectivity index (χ0) is 26.1. The van der Waals surface area contributed by atoms with Crippen LogP contribution in [0.1, 0.15) is 136 Å². The smallest absolute Gasteiger partial charge is 0.316 e. The van der Waals surface area contributed by atoms with E-state index in [0.717, 1.165) is 44.9 Å². The number of hydrogen-bond acceptors (Lipinski definition) is 4. The first kappa shape index (κ1) is 31.4. The van der Waals surface area contributed by atoms with Crippen molar-refractivity contribution >= 4 is 17.8 Å². The summed E-state index contributed by atoms with van der Waals surface area (Å²) in [6.07, 6.45) is 20.1. The highest BCUT2D eigenvalue weighted by atomic mass is 16.6. The van der Waals surface area contributed by atoms with E-state index < -0.39 is 17.8 Å². The molecule has 0 aliphatic carbocycles. The third-order valence-electron chi connectivity index (χ3n) is 7.68. The van der Waals surface area contributed by atoms with E-state index in [1.807, 2.05) is 6.92 Å². The molecule has 1 heterocycles. The molecule has 0 bridgehead atoms. The van der Waals surface area contributed by atoms with Crippen LogP contribution in [-0.2, 0) is 19.1 Å². The Kier molecular flexibility index (Phi) is 16.8. The average Bonchev–Trinajstić information content (AvgIpc) is 2.80. The van der Waals surface area contributed by atoms with Crippen LogP contribution in [0.25, 0.3) is 0 Å². The van der Waals surface area contributed by atoms with Gasteiger partial charge in [-0.3, -0.25) is 14.4 Å². The zero-order valence-electron chi connectivity index (χ0n) is 22.8. The Balaban J connectivity index is 2.55. The van der Waals surface area contributed by atoms with Gasteiger partial charge in [0, 0.05) is 0 Å². The van der Waals surface area contributed by atoms with Crippen molar-refractivity contribution in [1.29, 1.82) is 0 Å². The van der Waals surface area contributed by atoms with Gasteiger partial charge in [-0.2, -0.15) is 0 Å². The maximum absolute atomic E-state index is 12.1. The van der Waals surface area contributed by atoms with E-state index >= 15 is 0 Å². The molecule has 1 saturated heterocycles. The third kappa shape index (κ3) is 13.3. The number of hydrogen-bond donors (Lipinski definition) is 2. The van der Waals surface area contributed by atoms with Crippen molar-refractivity contribution < 1.29 is 24.2 Å². The van der Waals surface area contributed by atoms with Crippen LogP contribution >= 0.6 is 0 Å². The first-order valence-electron chi connectivity index (χ1n) is 14.5. The van der Waals surface area contributed by atoms with E-state index in [1.165, 1.54) is 64.2 Å². The van der Waals surface area contributed by atoms with Gasteiger partial charge in [-0.25, -0.2) is 0 Å². The average molecular weight is 496 g/mol. The number of carbonyl (C=O) groups excluding carboxylic acids is 2. The molecule has 0 aromatic carbocycles. The molecular formula is C29H53NO5. The predicted molar refractivity (Wildman–Crippen MR) is 141 cm³/mol. The van der Waals surface area contributed by atoms with Crippen LogP contribution in [0, 0.1) is 23.7 Å². The minimum absolute atomic E-state index is 0.00805. The lowest BCUT2D eigenvalue weighted by Crippen LogP contribution is -2.46. The summed E-state index contributed by atoms with van der Waals surface area (Å²) in [5, 5.41) is 9.34. The lowest BCUT2D eigenvalue weighted by molar-refractivity contribution is -0.187. The van der Waals surface area contributed by atoms with Crippen LogP contribution in [0.15, 0.2) is 0 Å². The molecule has 1 aliphatic rings. The number of nitrogens with two attached hydrogens (primary N) is 1. The maximum Gasteiger partial charge on any atom is 0.316 e. The number of amides is 1. The van der Waals surface area contributed by atoms with Gasteiger partial charge in [-0.1, -0.05) is 111 Å². The monoisotopic (exact) mass is 495 g/mol. The van der Waals surface area contributed by atoms with Crippen LogP contribution in [0.5, 0.6) is 0 Å². The lowest BCUT2D eigenvalue weighted by atomic mass is 9.79. The lowest BCUT2D eigenvalue weighted by Gasteiger charge is -2.38. The van der Waals surface area contributed by atoms with Crippen molar-refractivity contribution in [2.24, 2.45) is 29.4 Å². The maximum atomic E-state index is 12.1. The Morgan fingerprint density at radius 3 is 1.94 bits per heavy atom. The number of aliphatic carboxylic acids is 1. The fraction of sp³-hybridized carbons (Fsp3) is 0.897. The van der Waals surface area contributed by atoms with Gasteiger partial charge in [0.1, 0.15) is 12.0 Å². The summed E-state index contributed by atoms with van der Waals surface area (Å²) in [6, 6.07) is 0. The van der Waals surface area contributed by atoms with E-state index in [0.29, 0.717) is 5.92 Å². The second-order valence-electron chi connectivity index (χ2n) is 11.0. The number of esters is 1. The largest absolute Gasteiger partial charge is 0.481 e. The quantitative estimate of drug-likeness (QED) is 0.0899. The number of rotatable bonds is 23. The molecule has 3 N–H and O–H groups in total. The highest BCUT2D eigenvalue weighted by Gasteiger charge is 2.42. The molecule has 5 atom stereocenters. The Morgan fingerprint density at radius 2 is 1.43 bits per heavy atom. The molecule has 204 valence electrons. The highest BCUT2D eigenvalue weighted by molar-refractivity contribution is 5.95. The highest BCUT2D eigenvalue weighted by Crippen LogP contribution is 2.36. The Morgan fingerprint density at radius 1 is 0.886 bits per heavy atom. The van der Waals surface area contributed by atoms with Gasteiger partial charge in [0.15, 0.2) is 0 Å². The molecular weight excluding hydrogens is 442 g/mol. The van der Waals surface area contributed by atoms with Gasteiger partial charge in [0.05, 0.1) is 5.92 Å². The summed E-state index contributed by atoms with van der Waals surface area (Å²) in [7, 11) is 0. The van der Waals surface area contributed by atoms with Crippen LogP contribution < -0.4 is 5.73 Å². The molecule has 0 aromatic heterocycles. The van der Waals surface area contributed by atoms with Gasteiger partial charge in [0.2, 0.25) is 5.91 Å². The first-order valence-corrected chi connectivity index (χ1v) is 14.5. The molecule has 1 fully saturated rings. The molecule has 35 heavy (non-hydrogen) atoms. The van der Waals surface area contributed by atoms with E-state index in [4.69, 9.17) is 10.5 Å².